The van der Waals surface area contributed by atoms with Crippen LogP contribution in [0.2, 0.25) is 0 Å². The number of amides is 1. The predicted molar refractivity (Wildman–Crippen MR) is 138 cm³/mol. The number of carbonyl (C=O) groups is 2. The summed E-state index contributed by atoms with van der Waals surface area (Å²) in [6.07, 6.45) is 0. The molecule has 4 aromatic rings. The SMILES string of the molecule is CCOc1ccc(C(=O)CNC(=O)c2ccc(OCCO)c(OC)c2)nc1-c1csc2c(F)cccc12. The minimum Gasteiger partial charge on any atom is -0.493 e. The Kier molecular flexibility index (Phi) is 8.32. The van der Waals surface area contributed by atoms with Crippen LogP contribution >= 0.6 is 11.3 Å². The highest BCUT2D eigenvalue weighted by Crippen LogP contribution is 2.38. The monoisotopic (exact) mass is 524 g/mol. The average molecular weight is 525 g/mol. The van der Waals surface area contributed by atoms with Gasteiger partial charge in [0.2, 0.25) is 0 Å². The smallest absolute Gasteiger partial charge is 0.251 e. The third-order valence-corrected chi connectivity index (χ3v) is 6.44. The Labute approximate surface area is 216 Å². The molecule has 0 unspecified atom stereocenters. The van der Waals surface area contributed by atoms with Gasteiger partial charge in [-0.3, -0.25) is 9.59 Å². The number of rotatable bonds is 11. The molecule has 37 heavy (non-hydrogen) atoms. The first-order valence-corrected chi connectivity index (χ1v) is 12.4. The van der Waals surface area contributed by atoms with Crippen LogP contribution in [0.3, 0.4) is 0 Å². The number of pyridine rings is 1. The van der Waals surface area contributed by atoms with Crippen LogP contribution in [-0.4, -0.2) is 55.3 Å². The summed E-state index contributed by atoms with van der Waals surface area (Å²) in [7, 11) is 1.44. The van der Waals surface area contributed by atoms with E-state index in [-0.39, 0.29) is 36.8 Å². The lowest BCUT2D eigenvalue weighted by atomic mass is 10.1. The highest BCUT2D eigenvalue weighted by atomic mass is 32.1. The Hall–Kier alpha value is -4.02. The molecule has 0 saturated heterocycles. The number of aliphatic hydroxyl groups excluding tert-OH is 1. The fourth-order valence-corrected chi connectivity index (χ4v) is 4.67. The van der Waals surface area contributed by atoms with E-state index in [1.807, 2.05) is 6.92 Å². The molecule has 10 heteroatoms. The molecule has 2 N–H and O–H groups in total. The van der Waals surface area contributed by atoms with Crippen LogP contribution in [0.25, 0.3) is 21.3 Å². The van der Waals surface area contributed by atoms with E-state index in [1.165, 1.54) is 42.7 Å². The maximum absolute atomic E-state index is 14.3. The van der Waals surface area contributed by atoms with Gasteiger partial charge in [-0.05, 0) is 43.3 Å². The maximum atomic E-state index is 14.3. The molecule has 2 heterocycles. The highest BCUT2D eigenvalue weighted by molar-refractivity contribution is 7.17. The minimum atomic E-state index is -0.481. The highest BCUT2D eigenvalue weighted by Gasteiger charge is 2.19. The van der Waals surface area contributed by atoms with E-state index in [9.17, 15) is 14.0 Å². The maximum Gasteiger partial charge on any atom is 0.251 e. The molecule has 0 bridgehead atoms. The molecule has 4 rings (SSSR count). The third kappa shape index (κ3) is 5.71. The molecule has 8 nitrogen and oxygen atoms in total. The van der Waals surface area contributed by atoms with E-state index in [2.05, 4.69) is 10.3 Å². The van der Waals surface area contributed by atoms with E-state index in [1.54, 1.807) is 29.6 Å². The van der Waals surface area contributed by atoms with E-state index < -0.39 is 11.7 Å². The number of hydrogen-bond donors (Lipinski definition) is 2. The Morgan fingerprint density at radius 1 is 1.08 bits per heavy atom. The Balaban J connectivity index is 1.54. The first kappa shape index (κ1) is 26.1. The van der Waals surface area contributed by atoms with Crippen LogP contribution in [0.4, 0.5) is 4.39 Å². The van der Waals surface area contributed by atoms with Crippen molar-refractivity contribution in [3.05, 3.63) is 71.0 Å². The molecule has 0 spiro atoms. The van der Waals surface area contributed by atoms with E-state index >= 15 is 0 Å². The summed E-state index contributed by atoms with van der Waals surface area (Å²) >= 11 is 1.25. The van der Waals surface area contributed by atoms with Gasteiger partial charge in [0.05, 0.1) is 31.6 Å². The molecule has 0 saturated carbocycles. The first-order chi connectivity index (χ1) is 18.0. The number of ketones is 1. The Morgan fingerprint density at radius 2 is 1.89 bits per heavy atom. The van der Waals surface area contributed by atoms with Crippen molar-refractivity contribution >= 4 is 33.1 Å². The lowest BCUT2D eigenvalue weighted by Gasteiger charge is -2.12. The van der Waals surface area contributed by atoms with Gasteiger partial charge < -0.3 is 24.6 Å². The number of halogens is 1. The summed E-state index contributed by atoms with van der Waals surface area (Å²) in [6.45, 7) is 1.87. The van der Waals surface area contributed by atoms with Crippen molar-refractivity contribution in [3.63, 3.8) is 0 Å². The standard InChI is InChI=1S/C27H25FN2O6S/c1-3-35-23-10-8-20(30-25(23)18-15-37-26-17(18)5-4-6-19(26)28)21(32)14-29-27(33)16-7-9-22(36-12-11-31)24(13-16)34-2/h4-10,13,15,31H,3,11-12,14H2,1-2H3,(H,29,33). The molecule has 2 aromatic carbocycles. The van der Waals surface area contributed by atoms with Gasteiger partial charge in [0.15, 0.2) is 17.3 Å². The molecule has 0 atom stereocenters. The first-order valence-electron chi connectivity index (χ1n) is 11.5. The van der Waals surface area contributed by atoms with Crippen molar-refractivity contribution in [2.24, 2.45) is 0 Å². The number of nitrogens with zero attached hydrogens (tertiary/aromatic N) is 1. The summed E-state index contributed by atoms with van der Waals surface area (Å²) in [4.78, 5) is 30.1. The van der Waals surface area contributed by atoms with Gasteiger partial charge in [-0.15, -0.1) is 11.3 Å². The zero-order valence-electron chi connectivity index (χ0n) is 20.2. The van der Waals surface area contributed by atoms with Crippen molar-refractivity contribution in [2.75, 3.05) is 33.5 Å². The number of carbonyl (C=O) groups excluding carboxylic acids is 2. The number of thiophene rings is 1. The van der Waals surface area contributed by atoms with E-state index in [0.717, 1.165) is 0 Å². The molecule has 2 aromatic heterocycles. The molecule has 0 fully saturated rings. The van der Waals surface area contributed by atoms with Gasteiger partial charge in [0.25, 0.3) is 5.91 Å². The number of nitrogens with one attached hydrogen (secondary N) is 1. The summed E-state index contributed by atoms with van der Waals surface area (Å²) in [5, 5.41) is 14.0. The van der Waals surface area contributed by atoms with Gasteiger partial charge in [0.1, 0.15) is 29.6 Å². The number of ether oxygens (including phenoxy) is 3. The van der Waals surface area contributed by atoms with E-state index in [4.69, 9.17) is 19.3 Å². The van der Waals surface area contributed by atoms with Crippen molar-refractivity contribution in [2.45, 2.75) is 6.92 Å². The molecule has 0 radical (unpaired) electrons. The zero-order chi connectivity index (χ0) is 26.4. The van der Waals surface area contributed by atoms with Crippen LogP contribution in [0.1, 0.15) is 27.8 Å². The molecule has 0 aliphatic carbocycles. The van der Waals surface area contributed by atoms with Crippen LogP contribution in [-0.2, 0) is 0 Å². The average Bonchev–Trinajstić information content (AvgIpc) is 3.36. The second-order valence-corrected chi connectivity index (χ2v) is 8.67. The summed E-state index contributed by atoms with van der Waals surface area (Å²) in [5.41, 5.74) is 1.50. The molecule has 1 amide bonds. The van der Waals surface area contributed by atoms with Gasteiger partial charge in [-0.2, -0.15) is 0 Å². The van der Waals surface area contributed by atoms with E-state index in [0.29, 0.717) is 45.2 Å². The Morgan fingerprint density at radius 3 is 2.65 bits per heavy atom. The number of fused-ring (bicyclic) bond motifs is 1. The fourth-order valence-electron chi connectivity index (χ4n) is 3.71. The summed E-state index contributed by atoms with van der Waals surface area (Å²) in [5.74, 6) is -0.0289. The number of benzene rings is 2. The number of aliphatic hydroxyl groups is 1. The zero-order valence-corrected chi connectivity index (χ0v) is 21.1. The molecular weight excluding hydrogens is 499 g/mol. The number of Topliss-reactive ketones (excluding diaryl/α,β-unsaturated/α-hetero) is 1. The van der Waals surface area contributed by atoms with Crippen molar-refractivity contribution < 1.29 is 33.3 Å². The van der Waals surface area contributed by atoms with Crippen molar-refractivity contribution in [1.82, 2.24) is 10.3 Å². The quantitative estimate of drug-likeness (QED) is 0.278. The molecule has 0 aliphatic rings. The number of hydrogen-bond acceptors (Lipinski definition) is 8. The lowest BCUT2D eigenvalue weighted by Crippen LogP contribution is -2.30. The molecule has 192 valence electrons. The molecule has 0 aliphatic heterocycles. The summed E-state index contributed by atoms with van der Waals surface area (Å²) < 4.78 is 31.1. The molecular formula is C27H25FN2O6S. The van der Waals surface area contributed by atoms with Gasteiger partial charge in [-0.1, -0.05) is 12.1 Å². The fraction of sp³-hybridized carbons (Fsp3) is 0.222. The van der Waals surface area contributed by atoms with Crippen LogP contribution < -0.4 is 19.5 Å². The Bertz CT molecular complexity index is 1440. The lowest BCUT2D eigenvalue weighted by molar-refractivity contribution is 0.0902. The normalized spacial score (nSPS) is 10.8. The minimum absolute atomic E-state index is 0.0869. The predicted octanol–water partition coefficient (Wildman–Crippen LogP) is 4.49. The summed E-state index contributed by atoms with van der Waals surface area (Å²) in [6, 6.07) is 12.6. The van der Waals surface area contributed by atoms with Crippen LogP contribution in [0.5, 0.6) is 17.2 Å². The van der Waals surface area contributed by atoms with Gasteiger partial charge in [-0.25, -0.2) is 9.37 Å². The second-order valence-electron chi connectivity index (χ2n) is 7.79. The van der Waals surface area contributed by atoms with Gasteiger partial charge in [0, 0.05) is 21.9 Å². The number of aromatic nitrogens is 1. The van der Waals surface area contributed by atoms with Crippen molar-refractivity contribution in [3.8, 4) is 28.5 Å². The largest absolute Gasteiger partial charge is 0.493 e. The number of methoxy groups -OCH3 is 1. The topological polar surface area (TPSA) is 107 Å². The third-order valence-electron chi connectivity index (χ3n) is 5.43. The van der Waals surface area contributed by atoms with Gasteiger partial charge >= 0.3 is 0 Å². The van der Waals surface area contributed by atoms with Crippen LogP contribution in [0, 0.1) is 5.82 Å². The second kappa shape index (κ2) is 11.8. The van der Waals surface area contributed by atoms with Crippen molar-refractivity contribution in [1.29, 1.82) is 0 Å². The van der Waals surface area contributed by atoms with Crippen LogP contribution in [0.15, 0.2) is 53.9 Å².